The van der Waals surface area contributed by atoms with Crippen molar-refractivity contribution in [3.63, 3.8) is 0 Å². The highest BCUT2D eigenvalue weighted by atomic mass is 16.5. The summed E-state index contributed by atoms with van der Waals surface area (Å²) in [6.07, 6.45) is 3.46. The van der Waals surface area contributed by atoms with E-state index < -0.39 is 0 Å². The first kappa shape index (κ1) is 14.3. The Bertz CT molecular complexity index is 673. The minimum absolute atomic E-state index is 0.152. The average Bonchev–Trinajstić information content (AvgIpc) is 3.21. The Labute approximate surface area is 136 Å². The summed E-state index contributed by atoms with van der Waals surface area (Å²) in [7, 11) is 0. The third-order valence-electron chi connectivity index (χ3n) is 4.90. The molecule has 1 amide bonds. The van der Waals surface area contributed by atoms with E-state index in [-0.39, 0.29) is 12.0 Å². The van der Waals surface area contributed by atoms with Crippen LogP contribution < -0.4 is 4.74 Å². The SMILES string of the molecule is O=C([C@H]1Cc2ccccc2O1)N1CCC[C@@H]1Cc1ccccc1. The van der Waals surface area contributed by atoms with Gasteiger partial charge in [-0.2, -0.15) is 0 Å². The summed E-state index contributed by atoms with van der Waals surface area (Å²) in [5.41, 5.74) is 2.44. The van der Waals surface area contributed by atoms with Gasteiger partial charge in [-0.1, -0.05) is 48.5 Å². The summed E-state index contributed by atoms with van der Waals surface area (Å²) in [4.78, 5) is 15.0. The summed E-state index contributed by atoms with van der Waals surface area (Å²) in [6.45, 7) is 0.854. The van der Waals surface area contributed by atoms with Crippen LogP contribution in [0.3, 0.4) is 0 Å². The van der Waals surface area contributed by atoms with Crippen LogP contribution in [0.1, 0.15) is 24.0 Å². The fourth-order valence-corrected chi connectivity index (χ4v) is 3.73. The van der Waals surface area contributed by atoms with Crippen LogP contribution in [0.2, 0.25) is 0 Å². The first-order valence-corrected chi connectivity index (χ1v) is 8.40. The normalized spacial score (nSPS) is 22.7. The summed E-state index contributed by atoms with van der Waals surface area (Å²) >= 11 is 0. The lowest BCUT2D eigenvalue weighted by atomic mass is 10.0. The fourth-order valence-electron chi connectivity index (χ4n) is 3.73. The number of fused-ring (bicyclic) bond motifs is 1. The Balaban J connectivity index is 1.46. The summed E-state index contributed by atoms with van der Waals surface area (Å²) < 4.78 is 5.89. The molecule has 118 valence electrons. The van der Waals surface area contributed by atoms with Crippen molar-refractivity contribution in [3.8, 4) is 5.75 Å². The second kappa shape index (κ2) is 6.07. The van der Waals surface area contributed by atoms with E-state index >= 15 is 0 Å². The smallest absolute Gasteiger partial charge is 0.264 e. The molecule has 0 aliphatic carbocycles. The maximum Gasteiger partial charge on any atom is 0.264 e. The molecule has 0 radical (unpaired) electrons. The maximum atomic E-state index is 12.9. The number of ether oxygens (including phenoxy) is 1. The van der Waals surface area contributed by atoms with Gasteiger partial charge >= 0.3 is 0 Å². The quantitative estimate of drug-likeness (QED) is 0.871. The molecule has 2 aliphatic heterocycles. The number of nitrogens with zero attached hydrogens (tertiary/aromatic N) is 1. The third kappa shape index (κ3) is 2.83. The van der Waals surface area contributed by atoms with Gasteiger partial charge in [0.1, 0.15) is 5.75 Å². The van der Waals surface area contributed by atoms with Gasteiger partial charge in [-0.15, -0.1) is 0 Å². The van der Waals surface area contributed by atoms with E-state index in [0.29, 0.717) is 12.5 Å². The molecule has 23 heavy (non-hydrogen) atoms. The maximum absolute atomic E-state index is 12.9. The van der Waals surface area contributed by atoms with E-state index in [2.05, 4.69) is 24.3 Å². The first-order chi connectivity index (χ1) is 11.3. The number of likely N-dealkylation sites (tertiary alicyclic amines) is 1. The van der Waals surface area contributed by atoms with Crippen molar-refractivity contribution in [2.24, 2.45) is 0 Å². The number of carbonyl (C=O) groups excluding carboxylic acids is 1. The highest BCUT2D eigenvalue weighted by Crippen LogP contribution is 2.31. The van der Waals surface area contributed by atoms with Gasteiger partial charge in [0, 0.05) is 19.0 Å². The molecule has 0 unspecified atom stereocenters. The van der Waals surface area contributed by atoms with Gasteiger partial charge in [-0.25, -0.2) is 0 Å². The molecule has 0 aromatic heterocycles. The number of para-hydroxylation sites is 1. The highest BCUT2D eigenvalue weighted by molar-refractivity contribution is 5.83. The largest absolute Gasteiger partial charge is 0.480 e. The van der Waals surface area contributed by atoms with E-state index in [4.69, 9.17) is 4.74 Å². The highest BCUT2D eigenvalue weighted by Gasteiger charge is 2.37. The van der Waals surface area contributed by atoms with Crippen LogP contribution in [0.4, 0.5) is 0 Å². The minimum atomic E-state index is -0.344. The molecule has 4 rings (SSSR count). The first-order valence-electron chi connectivity index (χ1n) is 8.40. The van der Waals surface area contributed by atoms with E-state index in [1.54, 1.807) is 0 Å². The molecule has 2 heterocycles. The number of amides is 1. The van der Waals surface area contributed by atoms with Gasteiger partial charge in [-0.3, -0.25) is 4.79 Å². The number of hydrogen-bond donors (Lipinski definition) is 0. The summed E-state index contributed by atoms with van der Waals surface area (Å²) in [5.74, 6) is 1.02. The lowest BCUT2D eigenvalue weighted by Gasteiger charge is -2.27. The molecule has 0 bridgehead atoms. The zero-order valence-electron chi connectivity index (χ0n) is 13.2. The lowest BCUT2D eigenvalue weighted by Crippen LogP contribution is -2.44. The van der Waals surface area contributed by atoms with Crippen LogP contribution in [0, 0.1) is 0 Å². The van der Waals surface area contributed by atoms with Crippen LogP contribution in [0.15, 0.2) is 54.6 Å². The predicted molar refractivity (Wildman–Crippen MR) is 89.4 cm³/mol. The molecule has 2 aliphatic rings. The van der Waals surface area contributed by atoms with Crippen molar-refractivity contribution in [1.82, 2.24) is 4.90 Å². The van der Waals surface area contributed by atoms with Gasteiger partial charge in [0.2, 0.25) is 0 Å². The molecule has 3 heteroatoms. The molecule has 1 fully saturated rings. The third-order valence-corrected chi connectivity index (χ3v) is 4.90. The van der Waals surface area contributed by atoms with E-state index in [9.17, 15) is 4.79 Å². The summed E-state index contributed by atoms with van der Waals surface area (Å²) in [5, 5.41) is 0. The molecule has 2 aromatic carbocycles. The second-order valence-corrected chi connectivity index (χ2v) is 6.44. The monoisotopic (exact) mass is 307 g/mol. The van der Waals surface area contributed by atoms with Gasteiger partial charge in [0.05, 0.1) is 0 Å². The molecule has 3 nitrogen and oxygen atoms in total. The predicted octanol–water partition coefficient (Wildman–Crippen LogP) is 3.22. The van der Waals surface area contributed by atoms with Crippen LogP contribution in [-0.4, -0.2) is 29.5 Å². The molecule has 0 saturated carbocycles. The van der Waals surface area contributed by atoms with Gasteiger partial charge in [-0.05, 0) is 36.5 Å². The minimum Gasteiger partial charge on any atom is -0.480 e. The Hall–Kier alpha value is -2.29. The second-order valence-electron chi connectivity index (χ2n) is 6.44. The van der Waals surface area contributed by atoms with E-state index in [1.165, 1.54) is 5.56 Å². The van der Waals surface area contributed by atoms with Crippen molar-refractivity contribution in [2.75, 3.05) is 6.54 Å². The standard InChI is InChI=1S/C20H21NO2/c22-20(19-14-16-9-4-5-11-18(16)23-19)21-12-6-10-17(21)13-15-7-2-1-3-8-15/h1-5,7-9,11,17,19H,6,10,12-14H2/t17-,19-/m1/s1. The molecule has 0 N–H and O–H groups in total. The molecule has 2 aromatic rings. The van der Waals surface area contributed by atoms with Crippen LogP contribution in [0.25, 0.3) is 0 Å². The van der Waals surface area contributed by atoms with E-state index in [0.717, 1.165) is 37.1 Å². The van der Waals surface area contributed by atoms with Crippen LogP contribution >= 0.6 is 0 Å². The molecular weight excluding hydrogens is 286 g/mol. The van der Waals surface area contributed by atoms with Crippen LogP contribution in [-0.2, 0) is 17.6 Å². The van der Waals surface area contributed by atoms with Crippen molar-refractivity contribution >= 4 is 5.91 Å². The Morgan fingerprint density at radius 3 is 2.70 bits per heavy atom. The molecular formula is C20H21NO2. The topological polar surface area (TPSA) is 29.5 Å². The molecule has 1 saturated heterocycles. The van der Waals surface area contributed by atoms with Gasteiger partial charge in [0.25, 0.3) is 5.91 Å². The number of hydrogen-bond acceptors (Lipinski definition) is 2. The van der Waals surface area contributed by atoms with E-state index in [1.807, 2.05) is 35.2 Å². The average molecular weight is 307 g/mol. The lowest BCUT2D eigenvalue weighted by molar-refractivity contribution is -0.138. The van der Waals surface area contributed by atoms with Gasteiger partial charge in [0.15, 0.2) is 6.10 Å². The van der Waals surface area contributed by atoms with Crippen molar-refractivity contribution in [3.05, 3.63) is 65.7 Å². The Morgan fingerprint density at radius 2 is 1.87 bits per heavy atom. The Morgan fingerprint density at radius 1 is 1.09 bits per heavy atom. The zero-order valence-corrected chi connectivity index (χ0v) is 13.2. The molecule has 2 atom stereocenters. The Kier molecular flexibility index (Phi) is 3.78. The zero-order chi connectivity index (χ0) is 15.6. The van der Waals surface area contributed by atoms with Crippen molar-refractivity contribution < 1.29 is 9.53 Å². The van der Waals surface area contributed by atoms with Crippen molar-refractivity contribution in [1.29, 1.82) is 0 Å². The van der Waals surface area contributed by atoms with Crippen molar-refractivity contribution in [2.45, 2.75) is 37.8 Å². The number of carbonyl (C=O) groups is 1. The van der Waals surface area contributed by atoms with Crippen LogP contribution in [0.5, 0.6) is 5.75 Å². The number of rotatable bonds is 3. The molecule has 0 spiro atoms. The summed E-state index contributed by atoms with van der Waals surface area (Å²) in [6, 6.07) is 18.7. The fraction of sp³-hybridized carbons (Fsp3) is 0.350. The number of benzene rings is 2. The van der Waals surface area contributed by atoms with Gasteiger partial charge < -0.3 is 9.64 Å².